The van der Waals surface area contributed by atoms with Gasteiger partial charge in [0.1, 0.15) is 18.3 Å². The van der Waals surface area contributed by atoms with E-state index in [-0.39, 0.29) is 6.61 Å². The van der Waals surface area contributed by atoms with E-state index in [1.54, 1.807) is 0 Å². The Morgan fingerprint density at radius 1 is 1.06 bits per heavy atom. The molecule has 0 aliphatic carbocycles. The number of aliphatic hydroxyl groups is 3. The molecule has 1 aliphatic heterocycles. The van der Waals surface area contributed by atoms with Crippen molar-refractivity contribution in [3.05, 3.63) is 0 Å². The van der Waals surface area contributed by atoms with E-state index in [0.717, 1.165) is 25.7 Å². The van der Waals surface area contributed by atoms with Crippen LogP contribution in [0.5, 0.6) is 0 Å². The third-order valence-corrected chi connectivity index (χ3v) is 2.88. The van der Waals surface area contributed by atoms with Gasteiger partial charge in [0.2, 0.25) is 0 Å². The standard InChI is InChI=1S/C11H23NO5/c12-5-3-1-2-4-6-16-11-10(15)9(14)8(7-13)17-11/h8-11,13-15H,1-7,12H2/t8-,9?,10+,11-/m1/s1. The van der Waals surface area contributed by atoms with Crippen molar-refractivity contribution in [1.29, 1.82) is 0 Å². The van der Waals surface area contributed by atoms with Crippen molar-refractivity contribution in [2.45, 2.75) is 50.3 Å². The summed E-state index contributed by atoms with van der Waals surface area (Å²) in [5.41, 5.74) is 5.37. The number of ether oxygens (including phenoxy) is 2. The fourth-order valence-electron chi connectivity index (χ4n) is 1.80. The summed E-state index contributed by atoms with van der Waals surface area (Å²) < 4.78 is 10.5. The molecule has 0 aromatic heterocycles. The Kier molecular flexibility index (Phi) is 6.94. The van der Waals surface area contributed by atoms with Gasteiger partial charge in [0, 0.05) is 6.61 Å². The summed E-state index contributed by atoms with van der Waals surface area (Å²) in [4.78, 5) is 0. The average Bonchev–Trinajstić information content (AvgIpc) is 2.61. The van der Waals surface area contributed by atoms with Crippen LogP contribution in [0.4, 0.5) is 0 Å². The highest BCUT2D eigenvalue weighted by molar-refractivity contribution is 4.86. The number of hydrogen-bond acceptors (Lipinski definition) is 6. The number of hydrogen-bond donors (Lipinski definition) is 4. The van der Waals surface area contributed by atoms with E-state index in [0.29, 0.717) is 13.2 Å². The first-order chi connectivity index (χ1) is 8.20. The highest BCUT2D eigenvalue weighted by Gasteiger charge is 2.42. The van der Waals surface area contributed by atoms with Crippen LogP contribution in [0.2, 0.25) is 0 Å². The molecule has 17 heavy (non-hydrogen) atoms. The minimum absolute atomic E-state index is 0.325. The Morgan fingerprint density at radius 3 is 2.35 bits per heavy atom. The molecule has 1 unspecified atom stereocenters. The molecule has 6 nitrogen and oxygen atoms in total. The molecule has 6 heteroatoms. The molecule has 1 saturated heterocycles. The third-order valence-electron chi connectivity index (χ3n) is 2.88. The predicted molar refractivity (Wildman–Crippen MR) is 61.2 cm³/mol. The molecule has 1 aliphatic rings. The minimum atomic E-state index is -1.09. The maximum Gasteiger partial charge on any atom is 0.186 e. The Hall–Kier alpha value is -0.240. The van der Waals surface area contributed by atoms with Crippen LogP contribution < -0.4 is 5.73 Å². The van der Waals surface area contributed by atoms with Gasteiger partial charge < -0.3 is 30.5 Å². The van der Waals surface area contributed by atoms with Gasteiger partial charge >= 0.3 is 0 Å². The van der Waals surface area contributed by atoms with Gasteiger partial charge in [-0.1, -0.05) is 12.8 Å². The van der Waals surface area contributed by atoms with Gasteiger partial charge in [-0.2, -0.15) is 0 Å². The molecule has 0 aromatic carbocycles. The zero-order valence-electron chi connectivity index (χ0n) is 9.99. The molecular formula is C11H23NO5. The topological polar surface area (TPSA) is 105 Å². The van der Waals surface area contributed by atoms with Crippen molar-refractivity contribution in [2.24, 2.45) is 5.73 Å². The highest BCUT2D eigenvalue weighted by Crippen LogP contribution is 2.22. The SMILES string of the molecule is NCCCCCCO[C@@H]1O[C@H](CO)C(O)[C@@H]1O. The van der Waals surface area contributed by atoms with Gasteiger partial charge in [0.25, 0.3) is 0 Å². The van der Waals surface area contributed by atoms with E-state index in [9.17, 15) is 10.2 Å². The second kappa shape index (κ2) is 7.97. The Balaban J connectivity index is 2.11. The zero-order valence-corrected chi connectivity index (χ0v) is 9.99. The van der Waals surface area contributed by atoms with Gasteiger partial charge in [0.15, 0.2) is 6.29 Å². The maximum atomic E-state index is 9.57. The average molecular weight is 249 g/mol. The second-order valence-corrected chi connectivity index (χ2v) is 4.28. The van der Waals surface area contributed by atoms with Crippen molar-refractivity contribution in [3.8, 4) is 0 Å². The van der Waals surface area contributed by atoms with Crippen LogP contribution in [-0.2, 0) is 9.47 Å². The molecule has 0 spiro atoms. The summed E-state index contributed by atoms with van der Waals surface area (Å²) in [6, 6.07) is 0. The lowest BCUT2D eigenvalue weighted by Gasteiger charge is -2.15. The normalized spacial score (nSPS) is 33.2. The quantitative estimate of drug-likeness (QED) is 0.410. The van der Waals surface area contributed by atoms with Crippen LogP contribution in [0, 0.1) is 0 Å². The van der Waals surface area contributed by atoms with Gasteiger partial charge in [-0.3, -0.25) is 0 Å². The molecule has 0 bridgehead atoms. The van der Waals surface area contributed by atoms with Crippen molar-refractivity contribution >= 4 is 0 Å². The Bertz CT molecular complexity index is 204. The van der Waals surface area contributed by atoms with E-state index in [4.69, 9.17) is 20.3 Å². The fraction of sp³-hybridized carbons (Fsp3) is 1.00. The fourth-order valence-corrected chi connectivity index (χ4v) is 1.80. The molecule has 1 fully saturated rings. The van der Waals surface area contributed by atoms with Crippen molar-refractivity contribution in [3.63, 3.8) is 0 Å². The van der Waals surface area contributed by atoms with Gasteiger partial charge in [-0.15, -0.1) is 0 Å². The van der Waals surface area contributed by atoms with Crippen LogP contribution in [0.3, 0.4) is 0 Å². The first-order valence-corrected chi connectivity index (χ1v) is 6.14. The lowest BCUT2D eigenvalue weighted by molar-refractivity contribution is -0.169. The van der Waals surface area contributed by atoms with Crippen molar-refractivity contribution in [2.75, 3.05) is 19.8 Å². The molecule has 0 saturated carbocycles. The van der Waals surface area contributed by atoms with Crippen LogP contribution in [-0.4, -0.2) is 59.7 Å². The van der Waals surface area contributed by atoms with Crippen LogP contribution in [0.15, 0.2) is 0 Å². The molecule has 0 radical (unpaired) electrons. The summed E-state index contributed by atoms with van der Waals surface area (Å²) in [6.07, 6.45) is 0.199. The van der Waals surface area contributed by atoms with E-state index >= 15 is 0 Å². The first-order valence-electron chi connectivity index (χ1n) is 6.14. The van der Waals surface area contributed by atoms with Crippen molar-refractivity contribution in [1.82, 2.24) is 0 Å². The smallest absolute Gasteiger partial charge is 0.186 e. The monoisotopic (exact) mass is 249 g/mol. The molecule has 1 rings (SSSR count). The molecular weight excluding hydrogens is 226 g/mol. The minimum Gasteiger partial charge on any atom is -0.394 e. The summed E-state index contributed by atoms with van der Waals surface area (Å²) in [5.74, 6) is 0. The van der Waals surface area contributed by atoms with E-state index in [1.165, 1.54) is 0 Å². The summed E-state index contributed by atoms with van der Waals surface area (Å²) >= 11 is 0. The van der Waals surface area contributed by atoms with E-state index < -0.39 is 24.6 Å². The van der Waals surface area contributed by atoms with Gasteiger partial charge in [-0.25, -0.2) is 0 Å². The third kappa shape index (κ3) is 4.50. The van der Waals surface area contributed by atoms with Crippen molar-refractivity contribution < 1.29 is 24.8 Å². The van der Waals surface area contributed by atoms with Gasteiger partial charge in [-0.05, 0) is 19.4 Å². The van der Waals surface area contributed by atoms with Crippen LogP contribution in [0.25, 0.3) is 0 Å². The maximum absolute atomic E-state index is 9.57. The number of unbranched alkanes of at least 4 members (excludes halogenated alkanes) is 3. The summed E-state index contributed by atoms with van der Waals surface area (Å²) in [5, 5.41) is 27.9. The lowest BCUT2D eigenvalue weighted by Crippen LogP contribution is -2.34. The predicted octanol–water partition coefficient (Wildman–Crippen LogP) is -1.04. The zero-order chi connectivity index (χ0) is 12.7. The van der Waals surface area contributed by atoms with Crippen LogP contribution >= 0.6 is 0 Å². The molecule has 0 amide bonds. The summed E-state index contributed by atoms with van der Waals surface area (Å²) in [6.45, 7) is 0.849. The Labute approximate surface area is 101 Å². The number of rotatable bonds is 8. The molecule has 5 N–H and O–H groups in total. The molecule has 1 heterocycles. The number of nitrogens with two attached hydrogens (primary N) is 1. The van der Waals surface area contributed by atoms with Crippen LogP contribution in [0.1, 0.15) is 25.7 Å². The van der Waals surface area contributed by atoms with Gasteiger partial charge in [0.05, 0.1) is 6.61 Å². The second-order valence-electron chi connectivity index (χ2n) is 4.28. The Morgan fingerprint density at radius 2 is 1.76 bits per heavy atom. The first kappa shape index (κ1) is 14.8. The summed E-state index contributed by atoms with van der Waals surface area (Å²) in [7, 11) is 0. The molecule has 0 aromatic rings. The largest absolute Gasteiger partial charge is 0.394 e. The molecule has 102 valence electrons. The highest BCUT2D eigenvalue weighted by atomic mass is 16.7. The van der Waals surface area contributed by atoms with E-state index in [1.807, 2.05) is 0 Å². The lowest BCUT2D eigenvalue weighted by atomic mass is 10.1. The van der Waals surface area contributed by atoms with E-state index in [2.05, 4.69) is 0 Å². The molecule has 4 atom stereocenters. The number of aliphatic hydroxyl groups excluding tert-OH is 3.